The molecule has 0 aromatic rings. The highest BCUT2D eigenvalue weighted by Gasteiger charge is 2.41. The molecule has 1 aliphatic rings. The number of unbranched alkanes of at least 4 members (excludes halogenated alkanes) is 2. The van der Waals surface area contributed by atoms with Gasteiger partial charge < -0.3 is 10.2 Å². The van der Waals surface area contributed by atoms with Gasteiger partial charge in [-0.15, -0.1) is 0 Å². The van der Waals surface area contributed by atoms with Crippen molar-refractivity contribution in [3.63, 3.8) is 0 Å². The second-order valence-electron chi connectivity index (χ2n) is 5.98. The summed E-state index contributed by atoms with van der Waals surface area (Å²) in [6, 6.07) is 0. The highest BCUT2D eigenvalue weighted by molar-refractivity contribution is 5.85. The summed E-state index contributed by atoms with van der Waals surface area (Å²) in [4.78, 5) is 34.3. The van der Waals surface area contributed by atoms with Gasteiger partial charge in [0.15, 0.2) is 0 Å². The van der Waals surface area contributed by atoms with E-state index < -0.39 is 12.1 Å². The molecule has 0 saturated heterocycles. The van der Waals surface area contributed by atoms with Crippen molar-refractivity contribution >= 4 is 17.5 Å². The molecule has 0 aromatic carbocycles. The van der Waals surface area contributed by atoms with E-state index in [0.29, 0.717) is 25.7 Å². The van der Waals surface area contributed by atoms with E-state index in [1.54, 1.807) is 0 Å². The summed E-state index contributed by atoms with van der Waals surface area (Å²) in [5, 5.41) is 18.6. The molecule has 1 rings (SSSR count). The lowest BCUT2D eigenvalue weighted by Gasteiger charge is -2.19. The summed E-state index contributed by atoms with van der Waals surface area (Å²) in [5.41, 5.74) is 0. The van der Waals surface area contributed by atoms with Crippen molar-refractivity contribution < 1.29 is 24.6 Å². The standard InChI is InChI=1S/C16H26O5/c1-2-3-4-5-11(17)6-7-12-13(8-9-16(20)21)15(19)10-14(12)18/h12-13,15,19H,2-10H2,1H3,(H,20,21). The first-order chi connectivity index (χ1) is 9.95. The van der Waals surface area contributed by atoms with Crippen molar-refractivity contribution in [3.05, 3.63) is 0 Å². The van der Waals surface area contributed by atoms with Crippen LogP contribution < -0.4 is 0 Å². The van der Waals surface area contributed by atoms with Gasteiger partial charge in [0.25, 0.3) is 0 Å². The highest BCUT2D eigenvalue weighted by Crippen LogP contribution is 2.35. The van der Waals surface area contributed by atoms with Gasteiger partial charge in [-0.3, -0.25) is 14.4 Å². The molecular formula is C16H26O5. The molecule has 120 valence electrons. The number of hydrogen-bond donors (Lipinski definition) is 2. The molecule has 0 radical (unpaired) electrons. The molecule has 2 N–H and O–H groups in total. The van der Waals surface area contributed by atoms with Crippen LogP contribution >= 0.6 is 0 Å². The van der Waals surface area contributed by atoms with Crippen molar-refractivity contribution in [2.24, 2.45) is 11.8 Å². The molecule has 3 unspecified atom stereocenters. The van der Waals surface area contributed by atoms with Crippen LogP contribution in [0.5, 0.6) is 0 Å². The lowest BCUT2D eigenvalue weighted by Crippen LogP contribution is -2.22. The van der Waals surface area contributed by atoms with E-state index in [1.165, 1.54) is 0 Å². The molecule has 1 saturated carbocycles. The first-order valence-corrected chi connectivity index (χ1v) is 7.90. The van der Waals surface area contributed by atoms with E-state index in [2.05, 4.69) is 6.92 Å². The fourth-order valence-corrected chi connectivity index (χ4v) is 3.09. The van der Waals surface area contributed by atoms with E-state index in [1.807, 2.05) is 0 Å². The van der Waals surface area contributed by atoms with Gasteiger partial charge in [-0.2, -0.15) is 0 Å². The fourth-order valence-electron chi connectivity index (χ4n) is 3.09. The number of aliphatic hydroxyl groups is 1. The molecule has 1 fully saturated rings. The number of carbonyl (C=O) groups is 3. The number of hydrogen-bond acceptors (Lipinski definition) is 4. The molecule has 5 nitrogen and oxygen atoms in total. The topological polar surface area (TPSA) is 91.7 Å². The van der Waals surface area contributed by atoms with Gasteiger partial charge in [-0.25, -0.2) is 0 Å². The number of aliphatic hydroxyl groups excluding tert-OH is 1. The number of carbonyl (C=O) groups excluding carboxylic acids is 2. The molecule has 1 aliphatic carbocycles. The maximum absolute atomic E-state index is 11.9. The molecule has 0 bridgehead atoms. The first-order valence-electron chi connectivity index (χ1n) is 7.90. The summed E-state index contributed by atoms with van der Waals surface area (Å²) in [5.74, 6) is -1.45. The van der Waals surface area contributed by atoms with Crippen LogP contribution in [0.25, 0.3) is 0 Å². The zero-order valence-electron chi connectivity index (χ0n) is 12.7. The number of Topliss-reactive ketones (excluding diaryl/α,β-unsaturated/α-hetero) is 2. The van der Waals surface area contributed by atoms with E-state index >= 15 is 0 Å². The predicted octanol–water partition coefficient (Wildman–Crippen LogP) is 2.35. The Morgan fingerprint density at radius 2 is 1.86 bits per heavy atom. The van der Waals surface area contributed by atoms with Crippen LogP contribution in [-0.2, 0) is 14.4 Å². The SMILES string of the molecule is CCCCCC(=O)CCC1C(=O)CC(O)C1CCC(=O)O. The van der Waals surface area contributed by atoms with Gasteiger partial charge in [0, 0.05) is 31.6 Å². The summed E-state index contributed by atoms with van der Waals surface area (Å²) >= 11 is 0. The minimum absolute atomic E-state index is 0.0285. The quantitative estimate of drug-likeness (QED) is 0.604. The Bertz CT molecular complexity index is 377. The van der Waals surface area contributed by atoms with Crippen molar-refractivity contribution in [2.75, 3.05) is 0 Å². The Kier molecular flexibility index (Phi) is 7.57. The Labute approximate surface area is 125 Å². The molecule has 0 aromatic heterocycles. The Balaban J connectivity index is 2.44. The van der Waals surface area contributed by atoms with Gasteiger partial charge in [-0.05, 0) is 25.2 Å². The second-order valence-corrected chi connectivity index (χ2v) is 5.98. The lowest BCUT2D eigenvalue weighted by molar-refractivity contribution is -0.137. The average molecular weight is 298 g/mol. The largest absolute Gasteiger partial charge is 0.481 e. The monoisotopic (exact) mass is 298 g/mol. The molecule has 0 heterocycles. The molecule has 0 amide bonds. The molecule has 0 spiro atoms. The van der Waals surface area contributed by atoms with Gasteiger partial charge in [0.2, 0.25) is 0 Å². The van der Waals surface area contributed by atoms with Crippen molar-refractivity contribution in [3.8, 4) is 0 Å². The number of carboxylic acids is 1. The first kappa shape index (κ1) is 17.8. The smallest absolute Gasteiger partial charge is 0.303 e. The third-order valence-corrected chi connectivity index (χ3v) is 4.32. The van der Waals surface area contributed by atoms with Crippen LogP contribution in [0.3, 0.4) is 0 Å². The summed E-state index contributed by atoms with van der Waals surface area (Å²) in [7, 11) is 0. The zero-order chi connectivity index (χ0) is 15.8. The molecule has 21 heavy (non-hydrogen) atoms. The molecular weight excluding hydrogens is 272 g/mol. The Morgan fingerprint density at radius 1 is 1.14 bits per heavy atom. The molecule has 5 heteroatoms. The molecule has 3 atom stereocenters. The summed E-state index contributed by atoms with van der Waals surface area (Å²) < 4.78 is 0. The average Bonchev–Trinajstić information content (AvgIpc) is 2.68. The normalized spacial score (nSPS) is 25.2. The fraction of sp³-hybridized carbons (Fsp3) is 0.812. The van der Waals surface area contributed by atoms with Gasteiger partial charge in [-0.1, -0.05) is 19.8 Å². The van der Waals surface area contributed by atoms with Crippen LogP contribution in [0.2, 0.25) is 0 Å². The number of ketones is 2. The van der Waals surface area contributed by atoms with Crippen LogP contribution in [0.15, 0.2) is 0 Å². The minimum atomic E-state index is -0.920. The van der Waals surface area contributed by atoms with Gasteiger partial charge >= 0.3 is 5.97 Å². The third kappa shape index (κ3) is 5.96. The maximum atomic E-state index is 11.9. The van der Waals surface area contributed by atoms with E-state index in [9.17, 15) is 19.5 Å². The highest BCUT2D eigenvalue weighted by atomic mass is 16.4. The van der Waals surface area contributed by atoms with Crippen molar-refractivity contribution in [1.82, 2.24) is 0 Å². The molecule has 0 aliphatic heterocycles. The van der Waals surface area contributed by atoms with E-state index in [4.69, 9.17) is 5.11 Å². The second kappa shape index (κ2) is 8.93. The van der Waals surface area contributed by atoms with Gasteiger partial charge in [0.1, 0.15) is 11.6 Å². The Hall–Kier alpha value is -1.23. The predicted molar refractivity (Wildman–Crippen MR) is 77.9 cm³/mol. The van der Waals surface area contributed by atoms with E-state index in [0.717, 1.165) is 19.3 Å². The van der Waals surface area contributed by atoms with Gasteiger partial charge in [0.05, 0.1) is 6.10 Å². The van der Waals surface area contributed by atoms with Crippen LogP contribution in [-0.4, -0.2) is 33.9 Å². The zero-order valence-corrected chi connectivity index (χ0v) is 12.7. The van der Waals surface area contributed by atoms with Crippen LogP contribution in [0.4, 0.5) is 0 Å². The number of aliphatic carboxylic acids is 1. The lowest BCUT2D eigenvalue weighted by atomic mass is 9.86. The number of carboxylic acid groups (broad SMARTS) is 1. The minimum Gasteiger partial charge on any atom is -0.481 e. The van der Waals surface area contributed by atoms with Crippen molar-refractivity contribution in [2.45, 2.75) is 70.8 Å². The summed E-state index contributed by atoms with van der Waals surface area (Å²) in [6.45, 7) is 2.08. The summed E-state index contributed by atoms with van der Waals surface area (Å²) in [6.07, 6.45) is 3.95. The third-order valence-electron chi connectivity index (χ3n) is 4.32. The van der Waals surface area contributed by atoms with Crippen molar-refractivity contribution in [1.29, 1.82) is 0 Å². The maximum Gasteiger partial charge on any atom is 0.303 e. The van der Waals surface area contributed by atoms with Crippen LogP contribution in [0, 0.1) is 11.8 Å². The van der Waals surface area contributed by atoms with Crippen LogP contribution in [0.1, 0.15) is 64.7 Å². The van der Waals surface area contributed by atoms with E-state index in [-0.39, 0.29) is 36.2 Å². The Morgan fingerprint density at radius 3 is 2.48 bits per heavy atom. The number of rotatable bonds is 10.